The number of aryl methyl sites for hydroxylation is 2. The van der Waals surface area contributed by atoms with Crippen LogP contribution in [0.5, 0.6) is 5.75 Å². The number of ether oxygens (including phenoxy) is 1. The summed E-state index contributed by atoms with van der Waals surface area (Å²) in [5.41, 5.74) is 3.93. The summed E-state index contributed by atoms with van der Waals surface area (Å²) >= 11 is 12.8. The maximum atomic E-state index is 12.7. The monoisotopic (exact) mass is 603 g/mol. The van der Waals surface area contributed by atoms with Gasteiger partial charge in [-0.15, -0.1) is 0 Å². The van der Waals surface area contributed by atoms with E-state index < -0.39 is 16.4 Å². The standard InChI is InChI=1S/C28H21Cl2F2N3O4S/c1-15-24(30)14-35(34-15)25-10-7-18(17-5-4-6-20(11-17)40(3,36)37)12-22(25)27-26(33-16(2)38-27)21-9-8-19(13-23(21)29)39-28(31)32/h4-14,28H,1-3H3. The number of sulfone groups is 1. The van der Waals surface area contributed by atoms with Gasteiger partial charge in [-0.3, -0.25) is 0 Å². The van der Waals surface area contributed by atoms with Gasteiger partial charge in [0, 0.05) is 30.5 Å². The third-order valence-electron chi connectivity index (χ3n) is 6.08. The molecule has 2 aromatic heterocycles. The summed E-state index contributed by atoms with van der Waals surface area (Å²) in [6, 6.07) is 16.2. The van der Waals surface area contributed by atoms with Gasteiger partial charge in [-0.2, -0.15) is 13.9 Å². The zero-order valence-corrected chi connectivity index (χ0v) is 23.7. The van der Waals surface area contributed by atoms with Crippen LogP contribution in [0.25, 0.3) is 39.4 Å². The van der Waals surface area contributed by atoms with Crippen LogP contribution < -0.4 is 4.74 Å². The molecule has 5 rings (SSSR count). The predicted octanol–water partition coefficient (Wildman–Crippen LogP) is 7.79. The first-order valence-electron chi connectivity index (χ1n) is 11.8. The molecule has 0 aliphatic heterocycles. The van der Waals surface area contributed by atoms with Crippen LogP contribution in [0.15, 0.2) is 76.2 Å². The summed E-state index contributed by atoms with van der Waals surface area (Å²) < 4.78 is 62.0. The second kappa shape index (κ2) is 10.7. The van der Waals surface area contributed by atoms with E-state index in [1.165, 1.54) is 24.3 Å². The lowest BCUT2D eigenvalue weighted by atomic mass is 9.98. The molecule has 7 nitrogen and oxygen atoms in total. The summed E-state index contributed by atoms with van der Waals surface area (Å²) in [6.45, 7) is 0.446. The van der Waals surface area contributed by atoms with E-state index in [0.717, 1.165) is 6.26 Å². The molecule has 0 radical (unpaired) electrons. The molecule has 0 saturated heterocycles. The zero-order chi connectivity index (χ0) is 28.8. The summed E-state index contributed by atoms with van der Waals surface area (Å²) in [5, 5.41) is 5.10. The average molecular weight is 604 g/mol. The van der Waals surface area contributed by atoms with E-state index in [4.69, 9.17) is 27.6 Å². The Kier molecular flexibility index (Phi) is 7.43. The van der Waals surface area contributed by atoms with Crippen LogP contribution >= 0.6 is 23.2 Å². The molecule has 2 heterocycles. The molecule has 206 valence electrons. The van der Waals surface area contributed by atoms with Gasteiger partial charge in [0.15, 0.2) is 21.5 Å². The molecule has 0 amide bonds. The molecule has 0 fully saturated rings. The van der Waals surface area contributed by atoms with Gasteiger partial charge in [-0.1, -0.05) is 41.4 Å². The first kappa shape index (κ1) is 27.8. The largest absolute Gasteiger partial charge is 0.440 e. The summed E-state index contributed by atoms with van der Waals surface area (Å²) in [6.07, 6.45) is 2.81. The highest BCUT2D eigenvalue weighted by Gasteiger charge is 2.23. The van der Waals surface area contributed by atoms with E-state index in [-0.39, 0.29) is 15.7 Å². The van der Waals surface area contributed by atoms with Crippen molar-refractivity contribution in [3.63, 3.8) is 0 Å². The Morgan fingerprint density at radius 1 is 0.950 bits per heavy atom. The van der Waals surface area contributed by atoms with E-state index in [1.54, 1.807) is 42.9 Å². The topological polar surface area (TPSA) is 87.2 Å². The molecule has 0 aliphatic carbocycles. The summed E-state index contributed by atoms with van der Waals surface area (Å²) in [5.74, 6) is 0.571. The Morgan fingerprint density at radius 2 is 1.70 bits per heavy atom. The minimum atomic E-state index is -3.43. The second-order valence-corrected chi connectivity index (χ2v) is 11.8. The number of hydrogen-bond acceptors (Lipinski definition) is 6. The molecule has 3 aromatic carbocycles. The second-order valence-electron chi connectivity index (χ2n) is 8.97. The molecule has 12 heteroatoms. The average Bonchev–Trinajstić information content (AvgIpc) is 3.44. The van der Waals surface area contributed by atoms with Crippen molar-refractivity contribution < 1.29 is 26.4 Å². The fourth-order valence-corrected chi connectivity index (χ4v) is 5.28. The highest BCUT2D eigenvalue weighted by molar-refractivity contribution is 7.90. The lowest BCUT2D eigenvalue weighted by Crippen LogP contribution is -2.02. The fraction of sp³-hybridized carbons (Fsp3) is 0.143. The zero-order valence-electron chi connectivity index (χ0n) is 21.3. The van der Waals surface area contributed by atoms with Crippen LogP contribution in [0.4, 0.5) is 8.78 Å². The van der Waals surface area contributed by atoms with E-state index in [0.29, 0.717) is 56.0 Å². The maximum absolute atomic E-state index is 12.7. The van der Waals surface area contributed by atoms with Crippen molar-refractivity contribution in [2.24, 2.45) is 0 Å². The third-order valence-corrected chi connectivity index (χ3v) is 7.87. The number of alkyl halides is 2. The number of halogens is 4. The molecule has 0 N–H and O–H groups in total. The van der Waals surface area contributed by atoms with Gasteiger partial charge in [0.1, 0.15) is 11.4 Å². The van der Waals surface area contributed by atoms with Crippen LogP contribution in [0.3, 0.4) is 0 Å². The van der Waals surface area contributed by atoms with Gasteiger partial charge in [0.25, 0.3) is 0 Å². The van der Waals surface area contributed by atoms with Gasteiger partial charge in [0.2, 0.25) is 0 Å². The molecular formula is C28H21Cl2F2N3O4S. The van der Waals surface area contributed by atoms with Gasteiger partial charge < -0.3 is 9.15 Å². The van der Waals surface area contributed by atoms with Gasteiger partial charge in [-0.05, 0) is 60.5 Å². The first-order chi connectivity index (χ1) is 18.9. The Balaban J connectivity index is 1.73. The minimum Gasteiger partial charge on any atom is -0.440 e. The molecule has 5 aromatic rings. The van der Waals surface area contributed by atoms with Crippen LogP contribution in [-0.4, -0.2) is 36.0 Å². The van der Waals surface area contributed by atoms with E-state index >= 15 is 0 Å². The van der Waals surface area contributed by atoms with E-state index in [2.05, 4.69) is 14.8 Å². The molecule has 0 bridgehead atoms. The van der Waals surface area contributed by atoms with Crippen molar-refractivity contribution in [1.29, 1.82) is 0 Å². The van der Waals surface area contributed by atoms with E-state index in [1.807, 2.05) is 18.2 Å². The predicted molar refractivity (Wildman–Crippen MR) is 149 cm³/mol. The smallest absolute Gasteiger partial charge is 0.387 e. The number of benzene rings is 3. The van der Waals surface area contributed by atoms with Crippen LogP contribution in [0, 0.1) is 13.8 Å². The van der Waals surface area contributed by atoms with Gasteiger partial charge in [-0.25, -0.2) is 18.1 Å². The lowest BCUT2D eigenvalue weighted by Gasteiger charge is -2.13. The normalized spacial score (nSPS) is 11.8. The number of nitrogens with zero attached hydrogens (tertiary/aromatic N) is 3. The van der Waals surface area contributed by atoms with Crippen LogP contribution in [0.1, 0.15) is 11.6 Å². The first-order valence-corrected chi connectivity index (χ1v) is 14.4. The van der Waals surface area contributed by atoms with Crippen LogP contribution in [-0.2, 0) is 9.84 Å². The van der Waals surface area contributed by atoms with Crippen molar-refractivity contribution in [3.8, 4) is 45.1 Å². The Morgan fingerprint density at radius 3 is 2.35 bits per heavy atom. The highest BCUT2D eigenvalue weighted by Crippen LogP contribution is 2.41. The molecule has 0 atom stereocenters. The van der Waals surface area contributed by atoms with Crippen molar-refractivity contribution in [3.05, 3.63) is 88.5 Å². The van der Waals surface area contributed by atoms with Crippen LogP contribution in [0.2, 0.25) is 10.0 Å². The number of aromatic nitrogens is 3. The quantitative estimate of drug-likeness (QED) is 0.189. The highest BCUT2D eigenvalue weighted by atomic mass is 35.5. The van der Waals surface area contributed by atoms with Gasteiger partial charge >= 0.3 is 6.61 Å². The Labute approximate surface area is 238 Å². The molecule has 0 saturated carbocycles. The molecule has 0 unspecified atom stereocenters. The minimum absolute atomic E-state index is 0.0966. The van der Waals surface area contributed by atoms with Crippen molar-refractivity contribution in [2.75, 3.05) is 6.26 Å². The van der Waals surface area contributed by atoms with Crippen molar-refractivity contribution >= 4 is 33.0 Å². The third kappa shape index (κ3) is 5.60. The van der Waals surface area contributed by atoms with Gasteiger partial charge in [0.05, 0.1) is 26.3 Å². The summed E-state index contributed by atoms with van der Waals surface area (Å²) in [7, 11) is -3.43. The number of hydrogen-bond donors (Lipinski definition) is 0. The lowest BCUT2D eigenvalue weighted by molar-refractivity contribution is -0.0498. The molecule has 40 heavy (non-hydrogen) atoms. The fourth-order valence-electron chi connectivity index (χ4n) is 4.22. The van der Waals surface area contributed by atoms with E-state index in [9.17, 15) is 17.2 Å². The summed E-state index contributed by atoms with van der Waals surface area (Å²) in [4.78, 5) is 4.72. The molecular weight excluding hydrogens is 583 g/mol. The number of rotatable bonds is 7. The maximum Gasteiger partial charge on any atom is 0.387 e. The van der Waals surface area contributed by atoms with Crippen molar-refractivity contribution in [2.45, 2.75) is 25.4 Å². The Bertz CT molecular complexity index is 1830. The Hall–Kier alpha value is -3.73. The molecule has 0 spiro atoms. The van der Waals surface area contributed by atoms with Crippen molar-refractivity contribution in [1.82, 2.24) is 14.8 Å². The SMILES string of the molecule is Cc1nc(-c2ccc(OC(F)F)cc2Cl)c(-c2cc(-c3cccc(S(C)(=O)=O)c3)ccc2-n2cc(Cl)c(C)n2)o1. The number of oxazole rings is 1. The molecule has 0 aliphatic rings.